The largest absolute Gasteiger partial charge is 0.395 e. The Labute approximate surface area is 127 Å². The summed E-state index contributed by atoms with van der Waals surface area (Å²) in [7, 11) is 0. The van der Waals surface area contributed by atoms with Gasteiger partial charge in [0.2, 0.25) is 5.91 Å². The molecule has 1 fully saturated rings. The van der Waals surface area contributed by atoms with Crippen molar-refractivity contribution in [3.05, 3.63) is 29.3 Å². The summed E-state index contributed by atoms with van der Waals surface area (Å²) < 4.78 is 0. The number of benzene rings is 1. The van der Waals surface area contributed by atoms with Crippen molar-refractivity contribution >= 4 is 28.6 Å². The van der Waals surface area contributed by atoms with Gasteiger partial charge in [-0.3, -0.25) is 9.59 Å². The Balaban J connectivity index is 2.02. The zero-order valence-electron chi connectivity index (χ0n) is 11.6. The maximum Gasteiger partial charge on any atom is 0.279 e. The Morgan fingerprint density at radius 1 is 1.57 bits per heavy atom. The molecule has 0 radical (unpaired) electrons. The van der Waals surface area contributed by atoms with Crippen LogP contribution in [0.1, 0.15) is 17.5 Å². The van der Waals surface area contributed by atoms with Gasteiger partial charge in [-0.15, -0.1) is 0 Å². The molecule has 0 spiro atoms. The van der Waals surface area contributed by atoms with Crippen LogP contribution >= 0.6 is 11.8 Å². The van der Waals surface area contributed by atoms with E-state index < -0.39 is 6.04 Å². The van der Waals surface area contributed by atoms with Crippen molar-refractivity contribution in [1.82, 2.24) is 5.32 Å². The summed E-state index contributed by atoms with van der Waals surface area (Å²) in [5.41, 5.74) is 2.49. The zero-order valence-corrected chi connectivity index (χ0v) is 12.4. The van der Waals surface area contributed by atoms with Gasteiger partial charge in [-0.05, 0) is 30.7 Å². The number of aliphatic hydroxyl groups is 1. The van der Waals surface area contributed by atoms with E-state index >= 15 is 0 Å². The van der Waals surface area contributed by atoms with E-state index in [-0.39, 0.29) is 17.8 Å². The summed E-state index contributed by atoms with van der Waals surface area (Å²) in [4.78, 5) is 23.0. The normalized spacial score (nSPS) is 16.9. The fraction of sp³-hybridized carbons (Fsp3) is 0.333. The van der Waals surface area contributed by atoms with E-state index in [0.717, 1.165) is 22.9 Å². The predicted molar refractivity (Wildman–Crippen MR) is 83.2 cm³/mol. The highest BCUT2D eigenvalue weighted by Gasteiger charge is 2.27. The molecule has 2 rings (SSSR count). The third-order valence-electron chi connectivity index (χ3n) is 2.94. The number of hydrogen-bond acceptors (Lipinski definition) is 4. The summed E-state index contributed by atoms with van der Waals surface area (Å²) >= 11 is 1.11. The topological polar surface area (TPSA) is 78.4 Å². The van der Waals surface area contributed by atoms with Gasteiger partial charge in [0.05, 0.1) is 6.61 Å². The number of aliphatic hydroxyl groups excluding tert-OH is 1. The van der Waals surface area contributed by atoms with Crippen molar-refractivity contribution in [1.29, 1.82) is 0 Å². The first-order valence-electron chi connectivity index (χ1n) is 6.54. The number of anilines is 1. The summed E-state index contributed by atoms with van der Waals surface area (Å²) in [5, 5.41) is 13.9. The third-order valence-corrected chi connectivity index (χ3v) is 3.82. The second-order valence-electron chi connectivity index (χ2n) is 4.59. The van der Waals surface area contributed by atoms with Gasteiger partial charge in [0.1, 0.15) is 6.04 Å². The molecule has 0 aliphatic carbocycles. The van der Waals surface area contributed by atoms with Crippen molar-refractivity contribution in [3.8, 4) is 11.8 Å². The van der Waals surface area contributed by atoms with E-state index in [1.54, 1.807) is 6.07 Å². The Bertz CT molecular complexity index is 619. The first-order chi connectivity index (χ1) is 10.1. The molecule has 21 heavy (non-hydrogen) atoms. The predicted octanol–water partition coefficient (Wildman–Crippen LogP) is 1.49. The molecule has 1 aliphatic rings. The first-order valence-corrected chi connectivity index (χ1v) is 7.53. The van der Waals surface area contributed by atoms with Crippen LogP contribution in [0, 0.1) is 18.8 Å². The lowest BCUT2D eigenvalue weighted by atomic mass is 10.1. The van der Waals surface area contributed by atoms with Crippen LogP contribution in [0.5, 0.6) is 0 Å². The first kappa shape index (κ1) is 15.4. The van der Waals surface area contributed by atoms with Crippen molar-refractivity contribution in [2.24, 2.45) is 0 Å². The Morgan fingerprint density at radius 3 is 3.00 bits per heavy atom. The highest BCUT2D eigenvalue weighted by Crippen LogP contribution is 2.17. The van der Waals surface area contributed by atoms with Gasteiger partial charge in [-0.1, -0.05) is 23.6 Å². The molecule has 1 heterocycles. The number of hydrogen-bond donors (Lipinski definition) is 3. The van der Waals surface area contributed by atoms with Crippen LogP contribution in [0.2, 0.25) is 0 Å². The van der Waals surface area contributed by atoms with Crippen LogP contribution in [0.4, 0.5) is 10.5 Å². The van der Waals surface area contributed by atoms with Crippen molar-refractivity contribution in [2.75, 3.05) is 17.7 Å². The van der Waals surface area contributed by atoms with E-state index in [0.29, 0.717) is 17.9 Å². The third kappa shape index (κ3) is 4.25. The highest BCUT2D eigenvalue weighted by atomic mass is 32.2. The molecule has 1 atom stereocenters. The van der Waals surface area contributed by atoms with Gasteiger partial charge in [0.15, 0.2) is 0 Å². The molecule has 0 aromatic heterocycles. The summed E-state index contributed by atoms with van der Waals surface area (Å²) in [6, 6.07) is 4.96. The van der Waals surface area contributed by atoms with Gasteiger partial charge >= 0.3 is 0 Å². The highest BCUT2D eigenvalue weighted by molar-refractivity contribution is 8.14. The molecule has 0 bridgehead atoms. The zero-order chi connectivity index (χ0) is 15.2. The molecular weight excluding hydrogens is 288 g/mol. The molecule has 1 aliphatic heterocycles. The van der Waals surface area contributed by atoms with Crippen molar-refractivity contribution in [3.63, 3.8) is 0 Å². The molecule has 110 valence electrons. The lowest BCUT2D eigenvalue weighted by Gasteiger charge is -2.11. The molecule has 6 heteroatoms. The van der Waals surface area contributed by atoms with E-state index in [2.05, 4.69) is 22.5 Å². The maximum atomic E-state index is 12.0. The van der Waals surface area contributed by atoms with Crippen LogP contribution in [-0.2, 0) is 4.79 Å². The molecule has 2 amide bonds. The lowest BCUT2D eigenvalue weighted by Crippen LogP contribution is -2.38. The van der Waals surface area contributed by atoms with Crippen molar-refractivity contribution < 1.29 is 14.7 Å². The lowest BCUT2D eigenvalue weighted by molar-refractivity contribution is -0.117. The van der Waals surface area contributed by atoms with Gasteiger partial charge in [0, 0.05) is 23.4 Å². The van der Waals surface area contributed by atoms with Gasteiger partial charge < -0.3 is 15.7 Å². The summed E-state index contributed by atoms with van der Waals surface area (Å²) in [5.74, 6) is 6.07. The van der Waals surface area contributed by atoms with Gasteiger partial charge in [-0.2, -0.15) is 0 Å². The minimum absolute atomic E-state index is 0.0469. The fourth-order valence-electron chi connectivity index (χ4n) is 1.85. The van der Waals surface area contributed by atoms with Crippen LogP contribution in [0.25, 0.3) is 0 Å². The number of amides is 2. The van der Waals surface area contributed by atoms with E-state index in [1.807, 2.05) is 19.1 Å². The second kappa shape index (κ2) is 7.16. The Hall–Kier alpha value is -1.97. The molecule has 1 unspecified atom stereocenters. The number of thioether (sulfide) groups is 1. The van der Waals surface area contributed by atoms with E-state index in [9.17, 15) is 9.59 Å². The van der Waals surface area contributed by atoms with Crippen LogP contribution in [-0.4, -0.2) is 34.7 Å². The molecule has 1 aromatic carbocycles. The maximum absolute atomic E-state index is 12.0. The summed E-state index contributed by atoms with van der Waals surface area (Å²) in [6.07, 6.45) is 0.441. The fourth-order valence-corrected chi connectivity index (χ4v) is 2.63. The summed E-state index contributed by atoms with van der Waals surface area (Å²) in [6.45, 7) is 1.96. The standard InChI is InChI=1S/C15H16N2O3S/c1-10-8-12(6-5-11(10)4-2-3-7-18)16-14(19)13-9-21-15(20)17-13/h5-6,8,13,18H,3,7,9H2,1H3,(H,16,19)(H,17,20). The number of nitrogens with one attached hydrogen (secondary N) is 2. The minimum Gasteiger partial charge on any atom is -0.395 e. The second-order valence-corrected chi connectivity index (χ2v) is 5.58. The molecule has 1 aromatic rings. The minimum atomic E-state index is -0.480. The Morgan fingerprint density at radius 2 is 2.38 bits per heavy atom. The number of aryl methyl sites for hydroxylation is 1. The molecule has 0 saturated carbocycles. The average molecular weight is 304 g/mol. The number of carbonyl (C=O) groups is 2. The number of carbonyl (C=O) groups excluding carboxylic acids is 2. The SMILES string of the molecule is Cc1cc(NC(=O)C2CSC(=O)N2)ccc1C#CCCO. The number of rotatable bonds is 3. The monoisotopic (exact) mass is 304 g/mol. The van der Waals surface area contributed by atoms with Gasteiger partial charge in [0.25, 0.3) is 5.24 Å². The Kier molecular flexibility index (Phi) is 5.26. The molecular formula is C15H16N2O3S. The quantitative estimate of drug-likeness (QED) is 0.739. The van der Waals surface area contributed by atoms with Gasteiger partial charge in [-0.25, -0.2) is 0 Å². The average Bonchev–Trinajstić information content (AvgIpc) is 2.88. The van der Waals surface area contributed by atoms with E-state index in [4.69, 9.17) is 5.11 Å². The molecule has 3 N–H and O–H groups in total. The smallest absolute Gasteiger partial charge is 0.279 e. The van der Waals surface area contributed by atoms with E-state index in [1.165, 1.54) is 0 Å². The molecule has 5 nitrogen and oxygen atoms in total. The van der Waals surface area contributed by atoms with Crippen LogP contribution in [0.3, 0.4) is 0 Å². The molecule has 1 saturated heterocycles. The van der Waals surface area contributed by atoms with Crippen molar-refractivity contribution in [2.45, 2.75) is 19.4 Å². The van der Waals surface area contributed by atoms with Crippen LogP contribution in [0.15, 0.2) is 18.2 Å². The van der Waals surface area contributed by atoms with Crippen LogP contribution < -0.4 is 10.6 Å².